The fraction of sp³-hybridized carbons (Fsp3) is 0.367. The van der Waals surface area contributed by atoms with Crippen LogP contribution in [0.15, 0.2) is 67.0 Å². The molecule has 2 heterocycles. The normalized spacial score (nSPS) is 18.0. The number of aliphatic hydroxyl groups excluding tert-OH is 1. The number of amides is 3. The van der Waals surface area contributed by atoms with Crippen molar-refractivity contribution in [2.24, 2.45) is 5.92 Å². The Kier molecular flexibility index (Phi) is 9.69. The number of carbonyl (C=O) groups is 2. The van der Waals surface area contributed by atoms with E-state index in [2.05, 4.69) is 20.5 Å². The van der Waals surface area contributed by atoms with Crippen molar-refractivity contribution in [3.63, 3.8) is 0 Å². The number of rotatable bonds is 8. The molecular formula is C30H34F3N5O4. The first-order chi connectivity index (χ1) is 19.9. The van der Waals surface area contributed by atoms with E-state index in [1.165, 1.54) is 6.07 Å². The van der Waals surface area contributed by atoms with Crippen LogP contribution in [0.4, 0.5) is 29.3 Å². The Labute approximate surface area is 242 Å². The lowest BCUT2D eigenvalue weighted by Crippen LogP contribution is -2.49. The molecular weight excluding hydrogens is 551 g/mol. The number of hydrogen-bond acceptors (Lipinski definition) is 6. The highest BCUT2D eigenvalue weighted by Gasteiger charge is 2.34. The highest BCUT2D eigenvalue weighted by atomic mass is 19.4. The number of hydrogen-bond donors (Lipinski definition) is 3. The van der Waals surface area contributed by atoms with Gasteiger partial charge in [0.25, 0.3) is 5.91 Å². The molecule has 3 amide bonds. The number of urea groups is 1. The number of alkyl halides is 3. The predicted octanol–water partition coefficient (Wildman–Crippen LogP) is 5.10. The number of halogens is 3. The van der Waals surface area contributed by atoms with Crippen molar-refractivity contribution in [2.75, 3.05) is 37.4 Å². The summed E-state index contributed by atoms with van der Waals surface area (Å²) in [5.74, 6) is -0.0743. The molecule has 1 aromatic heterocycles. The molecule has 3 aromatic rings. The van der Waals surface area contributed by atoms with Crippen LogP contribution in [0.3, 0.4) is 0 Å². The molecule has 3 N–H and O–H groups in total. The average molecular weight is 586 g/mol. The molecule has 1 aliphatic heterocycles. The van der Waals surface area contributed by atoms with Crippen molar-refractivity contribution in [3.05, 3.63) is 83.7 Å². The summed E-state index contributed by atoms with van der Waals surface area (Å²) in [5.41, 5.74) is 0.943. The van der Waals surface area contributed by atoms with Crippen molar-refractivity contribution in [1.82, 2.24) is 14.8 Å². The number of aromatic nitrogens is 1. The standard InChI is InChI=1S/C30H34F3N5O4/c1-19-15-38(20(2)18-39)28(40)25-14-24(36-29(41)35-23-6-4-22(5-7-23)30(31,32)33)8-9-26(25)42-27(19)17-37(3)16-21-10-12-34-13-11-21/h4-14,19-20,27,39H,15-18H2,1-3H3,(H2,35,36,41)/t19-,20-,27+/m0/s1. The smallest absolute Gasteiger partial charge is 0.416 e. The van der Waals surface area contributed by atoms with Crippen LogP contribution in [0.5, 0.6) is 5.75 Å². The van der Waals surface area contributed by atoms with Crippen LogP contribution >= 0.6 is 0 Å². The van der Waals surface area contributed by atoms with Crippen LogP contribution in [0, 0.1) is 5.92 Å². The summed E-state index contributed by atoms with van der Waals surface area (Å²) in [6.07, 6.45) is -1.30. The third-order valence-corrected chi connectivity index (χ3v) is 7.09. The molecule has 1 aliphatic rings. The molecule has 0 bridgehead atoms. The van der Waals surface area contributed by atoms with E-state index in [0.717, 1.165) is 29.8 Å². The van der Waals surface area contributed by atoms with Crippen LogP contribution in [0.25, 0.3) is 0 Å². The summed E-state index contributed by atoms with van der Waals surface area (Å²) in [5, 5.41) is 15.0. The van der Waals surface area contributed by atoms with Crippen LogP contribution in [-0.2, 0) is 12.7 Å². The first kappa shape index (κ1) is 30.8. The zero-order valence-electron chi connectivity index (χ0n) is 23.6. The van der Waals surface area contributed by atoms with E-state index in [0.29, 0.717) is 25.4 Å². The van der Waals surface area contributed by atoms with E-state index in [-0.39, 0.29) is 41.5 Å². The summed E-state index contributed by atoms with van der Waals surface area (Å²) in [4.78, 5) is 34.0. The molecule has 0 aliphatic carbocycles. The Balaban J connectivity index is 1.53. The fourth-order valence-electron chi connectivity index (χ4n) is 4.73. The lowest BCUT2D eigenvalue weighted by molar-refractivity contribution is -0.137. The van der Waals surface area contributed by atoms with Gasteiger partial charge in [0.1, 0.15) is 11.9 Å². The zero-order valence-corrected chi connectivity index (χ0v) is 23.6. The molecule has 0 radical (unpaired) electrons. The van der Waals surface area contributed by atoms with Crippen molar-refractivity contribution in [3.8, 4) is 5.75 Å². The number of fused-ring (bicyclic) bond motifs is 1. The number of nitrogens with one attached hydrogen (secondary N) is 2. The van der Waals surface area contributed by atoms with Gasteiger partial charge in [-0.2, -0.15) is 13.2 Å². The molecule has 2 aromatic carbocycles. The van der Waals surface area contributed by atoms with E-state index in [1.807, 2.05) is 26.1 Å². The highest BCUT2D eigenvalue weighted by Crippen LogP contribution is 2.32. The van der Waals surface area contributed by atoms with Crippen LogP contribution < -0.4 is 15.4 Å². The summed E-state index contributed by atoms with van der Waals surface area (Å²) >= 11 is 0. The number of pyridine rings is 1. The second-order valence-electron chi connectivity index (χ2n) is 10.5. The lowest BCUT2D eigenvalue weighted by Gasteiger charge is -2.38. The van der Waals surface area contributed by atoms with Gasteiger partial charge in [-0.25, -0.2) is 4.79 Å². The summed E-state index contributed by atoms with van der Waals surface area (Å²) in [6, 6.07) is 11.5. The van der Waals surface area contributed by atoms with Gasteiger partial charge in [-0.3, -0.25) is 14.7 Å². The molecule has 0 saturated heterocycles. The Morgan fingerprint density at radius 1 is 1.12 bits per heavy atom. The van der Waals surface area contributed by atoms with Gasteiger partial charge in [-0.05, 0) is 74.1 Å². The van der Waals surface area contributed by atoms with Crippen molar-refractivity contribution in [1.29, 1.82) is 0 Å². The Bertz CT molecular complexity index is 1370. The third kappa shape index (κ3) is 7.77. The molecule has 224 valence electrons. The van der Waals surface area contributed by atoms with E-state index < -0.39 is 23.8 Å². The first-order valence-electron chi connectivity index (χ1n) is 13.5. The number of carbonyl (C=O) groups excluding carboxylic acids is 2. The summed E-state index contributed by atoms with van der Waals surface area (Å²) in [6.45, 7) is 5.12. The van der Waals surface area contributed by atoms with E-state index in [4.69, 9.17) is 4.74 Å². The number of nitrogens with zero attached hydrogens (tertiary/aromatic N) is 3. The molecule has 9 nitrogen and oxygen atoms in total. The summed E-state index contributed by atoms with van der Waals surface area (Å²) in [7, 11) is 1.98. The second kappa shape index (κ2) is 13.2. The molecule has 0 unspecified atom stereocenters. The molecule has 0 saturated carbocycles. The number of likely N-dealkylation sites (N-methyl/N-ethyl adjacent to an activating group) is 1. The minimum atomic E-state index is -4.48. The number of ether oxygens (including phenoxy) is 1. The van der Waals surface area contributed by atoms with Crippen molar-refractivity contribution >= 4 is 23.3 Å². The van der Waals surface area contributed by atoms with Gasteiger partial charge < -0.3 is 25.4 Å². The Morgan fingerprint density at radius 3 is 2.40 bits per heavy atom. The second-order valence-corrected chi connectivity index (χ2v) is 10.5. The number of anilines is 2. The largest absolute Gasteiger partial charge is 0.488 e. The van der Waals surface area contributed by atoms with Gasteiger partial charge in [0.05, 0.1) is 23.8 Å². The van der Waals surface area contributed by atoms with Gasteiger partial charge in [-0.1, -0.05) is 6.92 Å². The number of aliphatic hydroxyl groups is 1. The van der Waals surface area contributed by atoms with Crippen LogP contribution in [0.2, 0.25) is 0 Å². The Morgan fingerprint density at radius 2 is 1.76 bits per heavy atom. The van der Waals surface area contributed by atoms with Crippen LogP contribution in [0.1, 0.15) is 35.3 Å². The van der Waals surface area contributed by atoms with E-state index >= 15 is 0 Å². The van der Waals surface area contributed by atoms with Crippen molar-refractivity contribution < 1.29 is 32.6 Å². The molecule has 42 heavy (non-hydrogen) atoms. The molecule has 0 fully saturated rings. The molecule has 3 atom stereocenters. The maximum atomic E-state index is 13.6. The van der Waals surface area contributed by atoms with Gasteiger partial charge in [0.15, 0.2) is 0 Å². The monoisotopic (exact) mass is 585 g/mol. The van der Waals surface area contributed by atoms with E-state index in [1.54, 1.807) is 36.4 Å². The Hall–Kier alpha value is -4.16. The molecule has 4 rings (SSSR count). The maximum Gasteiger partial charge on any atom is 0.416 e. The minimum absolute atomic E-state index is 0.0664. The topological polar surface area (TPSA) is 107 Å². The SMILES string of the molecule is C[C@H]1CN([C@@H](C)CO)C(=O)c2cc(NC(=O)Nc3ccc(C(F)(F)F)cc3)ccc2O[C@@H]1CN(C)Cc1ccncc1. The van der Waals surface area contributed by atoms with Gasteiger partial charge >= 0.3 is 12.2 Å². The zero-order chi connectivity index (χ0) is 30.4. The van der Waals surface area contributed by atoms with Crippen molar-refractivity contribution in [2.45, 2.75) is 38.7 Å². The average Bonchev–Trinajstić information content (AvgIpc) is 2.95. The highest BCUT2D eigenvalue weighted by molar-refractivity contribution is 6.02. The predicted molar refractivity (Wildman–Crippen MR) is 152 cm³/mol. The molecule has 0 spiro atoms. The first-order valence-corrected chi connectivity index (χ1v) is 13.5. The quantitative estimate of drug-likeness (QED) is 0.340. The minimum Gasteiger partial charge on any atom is -0.488 e. The van der Waals surface area contributed by atoms with Gasteiger partial charge in [0, 0.05) is 49.3 Å². The fourth-order valence-corrected chi connectivity index (χ4v) is 4.73. The summed E-state index contributed by atoms with van der Waals surface area (Å²) < 4.78 is 44.9. The maximum absolute atomic E-state index is 13.6. The number of benzene rings is 2. The van der Waals surface area contributed by atoms with Crippen LogP contribution in [-0.4, -0.2) is 70.7 Å². The lowest BCUT2D eigenvalue weighted by atomic mass is 9.99. The van der Waals surface area contributed by atoms with Gasteiger partial charge in [0.2, 0.25) is 0 Å². The third-order valence-electron chi connectivity index (χ3n) is 7.09. The van der Waals surface area contributed by atoms with E-state index in [9.17, 15) is 27.9 Å². The van der Waals surface area contributed by atoms with Gasteiger partial charge in [-0.15, -0.1) is 0 Å². The molecule has 12 heteroatoms.